The van der Waals surface area contributed by atoms with Crippen molar-refractivity contribution in [3.05, 3.63) is 23.2 Å². The van der Waals surface area contributed by atoms with Crippen LogP contribution in [0.2, 0.25) is 5.02 Å². The third-order valence-corrected chi connectivity index (χ3v) is 2.85. The lowest BCUT2D eigenvalue weighted by Crippen LogP contribution is -2.37. The Labute approximate surface area is 126 Å². The molecule has 0 aromatic heterocycles. The maximum absolute atomic E-state index is 12.1. The molecule has 1 rings (SSSR count). The zero-order valence-corrected chi connectivity index (χ0v) is 12.2. The van der Waals surface area contributed by atoms with Gasteiger partial charge in [-0.2, -0.15) is 8.78 Å². The molecule has 1 aromatic rings. The molecule has 8 heteroatoms. The standard InChI is InChI=1S/C13H17ClF2N2O3/c1-2-5-18(6-7-19)13(20)17-9-3-4-11(10(14)8-9)21-12(15)16/h3-4,8,12,19H,2,5-7H2,1H3,(H,17,20). The van der Waals surface area contributed by atoms with E-state index in [1.54, 1.807) is 0 Å². The molecule has 0 unspecified atom stereocenters. The van der Waals surface area contributed by atoms with E-state index in [4.69, 9.17) is 16.7 Å². The third kappa shape index (κ3) is 5.73. The molecule has 118 valence electrons. The number of carbonyl (C=O) groups excluding carboxylic acids is 1. The number of alkyl halides is 2. The molecule has 0 saturated carbocycles. The Kier molecular flexibility index (Phi) is 7.18. The summed E-state index contributed by atoms with van der Waals surface area (Å²) < 4.78 is 28.4. The summed E-state index contributed by atoms with van der Waals surface area (Å²) in [5.41, 5.74) is 0.352. The number of amides is 2. The van der Waals surface area contributed by atoms with Crippen LogP contribution in [0.15, 0.2) is 18.2 Å². The van der Waals surface area contributed by atoms with E-state index in [2.05, 4.69) is 10.1 Å². The molecule has 1 aromatic carbocycles. The second-order valence-corrected chi connectivity index (χ2v) is 4.57. The van der Waals surface area contributed by atoms with Gasteiger partial charge in [-0.3, -0.25) is 0 Å². The fourth-order valence-corrected chi connectivity index (χ4v) is 1.90. The maximum Gasteiger partial charge on any atom is 0.387 e. The van der Waals surface area contributed by atoms with Crippen molar-refractivity contribution in [2.45, 2.75) is 20.0 Å². The van der Waals surface area contributed by atoms with Crippen molar-refractivity contribution in [3.8, 4) is 5.75 Å². The molecule has 0 spiro atoms. The number of nitrogens with one attached hydrogen (secondary N) is 1. The predicted octanol–water partition coefficient (Wildman–Crippen LogP) is 3.18. The number of hydrogen-bond donors (Lipinski definition) is 2. The summed E-state index contributed by atoms with van der Waals surface area (Å²) in [5, 5.41) is 11.5. The monoisotopic (exact) mass is 322 g/mol. The molecular formula is C13H17ClF2N2O3. The molecule has 21 heavy (non-hydrogen) atoms. The molecule has 0 atom stereocenters. The maximum atomic E-state index is 12.1. The van der Waals surface area contributed by atoms with Crippen molar-refractivity contribution in [1.82, 2.24) is 4.90 Å². The van der Waals surface area contributed by atoms with Gasteiger partial charge in [0.15, 0.2) is 0 Å². The van der Waals surface area contributed by atoms with Crippen LogP contribution in [-0.4, -0.2) is 42.3 Å². The second kappa shape index (κ2) is 8.63. The highest BCUT2D eigenvalue weighted by atomic mass is 35.5. The van der Waals surface area contributed by atoms with Crippen LogP contribution >= 0.6 is 11.6 Å². The second-order valence-electron chi connectivity index (χ2n) is 4.16. The highest BCUT2D eigenvalue weighted by Gasteiger charge is 2.14. The van der Waals surface area contributed by atoms with Crippen molar-refractivity contribution in [2.24, 2.45) is 0 Å². The zero-order valence-electron chi connectivity index (χ0n) is 11.5. The Morgan fingerprint density at radius 2 is 2.19 bits per heavy atom. The average Bonchev–Trinajstić information content (AvgIpc) is 2.41. The van der Waals surface area contributed by atoms with E-state index < -0.39 is 12.6 Å². The quantitative estimate of drug-likeness (QED) is 0.810. The lowest BCUT2D eigenvalue weighted by atomic mass is 10.3. The van der Waals surface area contributed by atoms with Gasteiger partial charge in [-0.05, 0) is 24.6 Å². The number of nitrogens with zero attached hydrogens (tertiary/aromatic N) is 1. The number of carbonyl (C=O) groups is 1. The van der Waals surface area contributed by atoms with Gasteiger partial charge in [-0.15, -0.1) is 0 Å². The Bertz CT molecular complexity index is 469. The Hall–Kier alpha value is -1.60. The molecule has 0 bridgehead atoms. The topological polar surface area (TPSA) is 61.8 Å². The lowest BCUT2D eigenvalue weighted by Gasteiger charge is -2.21. The SMILES string of the molecule is CCCN(CCO)C(=O)Nc1ccc(OC(F)F)c(Cl)c1. The Morgan fingerprint density at radius 3 is 2.71 bits per heavy atom. The van der Waals surface area contributed by atoms with Crippen LogP contribution in [0.1, 0.15) is 13.3 Å². The van der Waals surface area contributed by atoms with Crippen LogP contribution < -0.4 is 10.1 Å². The summed E-state index contributed by atoms with van der Waals surface area (Å²) in [7, 11) is 0. The van der Waals surface area contributed by atoms with Crippen LogP contribution in [0.3, 0.4) is 0 Å². The van der Waals surface area contributed by atoms with E-state index in [9.17, 15) is 13.6 Å². The number of aliphatic hydroxyl groups excluding tert-OH is 1. The first-order valence-electron chi connectivity index (χ1n) is 6.39. The van der Waals surface area contributed by atoms with Gasteiger partial charge in [0.05, 0.1) is 11.6 Å². The predicted molar refractivity (Wildman–Crippen MR) is 76.1 cm³/mol. The summed E-state index contributed by atoms with van der Waals surface area (Å²) in [5.74, 6) is -0.162. The lowest BCUT2D eigenvalue weighted by molar-refractivity contribution is -0.0497. The first kappa shape index (κ1) is 17.5. The van der Waals surface area contributed by atoms with Gasteiger partial charge in [0.2, 0.25) is 0 Å². The number of ether oxygens (including phenoxy) is 1. The van der Waals surface area contributed by atoms with Gasteiger partial charge in [-0.25, -0.2) is 4.79 Å². The summed E-state index contributed by atoms with van der Waals surface area (Å²) in [6, 6.07) is 3.58. The van der Waals surface area contributed by atoms with E-state index in [0.29, 0.717) is 12.2 Å². The van der Waals surface area contributed by atoms with Crippen molar-refractivity contribution >= 4 is 23.3 Å². The van der Waals surface area contributed by atoms with Crippen LogP contribution in [0.5, 0.6) is 5.75 Å². The van der Waals surface area contributed by atoms with Gasteiger partial charge in [-0.1, -0.05) is 18.5 Å². The molecule has 0 aliphatic carbocycles. The molecule has 0 heterocycles. The normalized spacial score (nSPS) is 10.6. The molecule has 0 saturated heterocycles. The Balaban J connectivity index is 2.73. The van der Waals surface area contributed by atoms with Crippen molar-refractivity contribution in [2.75, 3.05) is 25.0 Å². The van der Waals surface area contributed by atoms with Crippen LogP contribution in [0, 0.1) is 0 Å². The highest BCUT2D eigenvalue weighted by molar-refractivity contribution is 6.32. The molecule has 2 amide bonds. The van der Waals surface area contributed by atoms with Gasteiger partial charge in [0.1, 0.15) is 5.75 Å². The highest BCUT2D eigenvalue weighted by Crippen LogP contribution is 2.29. The van der Waals surface area contributed by atoms with Gasteiger partial charge in [0.25, 0.3) is 0 Å². The molecule has 0 fully saturated rings. The number of halogens is 3. The van der Waals surface area contributed by atoms with Crippen LogP contribution in [-0.2, 0) is 0 Å². The summed E-state index contributed by atoms with van der Waals surface area (Å²) in [6.45, 7) is -0.500. The average molecular weight is 323 g/mol. The largest absolute Gasteiger partial charge is 0.433 e. The van der Waals surface area contributed by atoms with Gasteiger partial charge in [0, 0.05) is 18.8 Å². The molecule has 0 aliphatic heterocycles. The summed E-state index contributed by atoms with van der Waals surface area (Å²) in [4.78, 5) is 13.4. The fraction of sp³-hybridized carbons (Fsp3) is 0.462. The number of rotatable bonds is 7. The number of hydrogen-bond acceptors (Lipinski definition) is 3. The van der Waals surface area contributed by atoms with Gasteiger partial charge >= 0.3 is 12.6 Å². The Morgan fingerprint density at radius 1 is 1.48 bits per heavy atom. The fourth-order valence-electron chi connectivity index (χ4n) is 1.68. The van der Waals surface area contributed by atoms with Crippen LogP contribution in [0.4, 0.5) is 19.3 Å². The summed E-state index contributed by atoms with van der Waals surface area (Å²) in [6.07, 6.45) is 0.745. The van der Waals surface area contributed by atoms with Gasteiger partial charge < -0.3 is 20.1 Å². The molecule has 5 nitrogen and oxygen atoms in total. The molecular weight excluding hydrogens is 306 g/mol. The van der Waals surface area contributed by atoms with E-state index in [1.807, 2.05) is 6.92 Å². The minimum absolute atomic E-state index is 0.0303. The van der Waals surface area contributed by atoms with E-state index in [-0.39, 0.29) is 23.9 Å². The number of anilines is 1. The molecule has 2 N–H and O–H groups in total. The number of urea groups is 1. The summed E-state index contributed by atoms with van der Waals surface area (Å²) >= 11 is 5.80. The number of aliphatic hydroxyl groups is 1. The first-order valence-corrected chi connectivity index (χ1v) is 6.76. The van der Waals surface area contributed by atoms with Crippen molar-refractivity contribution in [1.29, 1.82) is 0 Å². The third-order valence-electron chi connectivity index (χ3n) is 2.55. The minimum Gasteiger partial charge on any atom is -0.433 e. The van der Waals surface area contributed by atoms with Crippen molar-refractivity contribution < 1.29 is 23.4 Å². The minimum atomic E-state index is -2.97. The van der Waals surface area contributed by atoms with E-state index >= 15 is 0 Å². The van der Waals surface area contributed by atoms with Crippen molar-refractivity contribution in [3.63, 3.8) is 0 Å². The first-order chi connectivity index (χ1) is 9.97. The zero-order chi connectivity index (χ0) is 15.8. The molecule has 0 aliphatic rings. The van der Waals surface area contributed by atoms with Crippen LogP contribution in [0.25, 0.3) is 0 Å². The van der Waals surface area contributed by atoms with E-state index in [1.165, 1.54) is 23.1 Å². The molecule has 0 radical (unpaired) electrons. The number of benzene rings is 1. The smallest absolute Gasteiger partial charge is 0.387 e. The van der Waals surface area contributed by atoms with E-state index in [0.717, 1.165) is 6.42 Å².